The highest BCUT2D eigenvalue weighted by atomic mass is 16.6. The lowest BCUT2D eigenvalue weighted by Crippen LogP contribution is -2.59. The molecular weight excluding hydrogens is 470 g/mol. The summed E-state index contributed by atoms with van der Waals surface area (Å²) in [6.07, 6.45) is -0.721. The molecule has 0 fully saturated rings. The maximum absolute atomic E-state index is 14.1. The molecule has 0 aliphatic rings. The number of carbonyl (C=O) groups is 3. The molecule has 0 saturated carbocycles. The van der Waals surface area contributed by atoms with E-state index in [0.29, 0.717) is 0 Å². The third-order valence-electron chi connectivity index (χ3n) is 5.61. The van der Waals surface area contributed by atoms with Crippen LogP contribution >= 0.6 is 0 Å². The Morgan fingerprint density at radius 2 is 1.49 bits per heavy atom. The number of carbonyl (C=O) groups excluding carboxylic acids is 3. The molecule has 2 unspecified atom stereocenters. The maximum atomic E-state index is 14.1. The molecule has 3 N–H and O–H groups in total. The molecule has 0 bridgehead atoms. The van der Waals surface area contributed by atoms with E-state index < -0.39 is 41.1 Å². The molecule has 37 heavy (non-hydrogen) atoms. The van der Waals surface area contributed by atoms with Crippen molar-refractivity contribution >= 4 is 17.9 Å². The van der Waals surface area contributed by atoms with E-state index in [9.17, 15) is 19.5 Å². The molecular formula is C29H41N3O5. The first kappa shape index (κ1) is 29.7. The van der Waals surface area contributed by atoms with Gasteiger partial charge < -0.3 is 25.4 Å². The van der Waals surface area contributed by atoms with Gasteiger partial charge in [-0.05, 0) is 59.1 Å². The highest BCUT2D eigenvalue weighted by molar-refractivity contribution is 5.93. The Hall–Kier alpha value is -3.55. The molecule has 8 heteroatoms. The molecule has 0 spiro atoms. The van der Waals surface area contributed by atoms with E-state index in [2.05, 4.69) is 10.6 Å². The van der Waals surface area contributed by atoms with Crippen LogP contribution in [0, 0.1) is 5.92 Å². The lowest BCUT2D eigenvalue weighted by molar-refractivity contribution is -0.149. The zero-order chi connectivity index (χ0) is 28.0. The average Bonchev–Trinajstić information content (AvgIpc) is 2.78. The zero-order valence-electron chi connectivity index (χ0n) is 23.2. The number of rotatable bonds is 8. The highest BCUT2D eigenvalue weighted by Gasteiger charge is 2.43. The van der Waals surface area contributed by atoms with Gasteiger partial charge in [-0.25, -0.2) is 4.79 Å². The summed E-state index contributed by atoms with van der Waals surface area (Å²) >= 11 is 0. The van der Waals surface area contributed by atoms with Crippen molar-refractivity contribution in [3.8, 4) is 5.75 Å². The normalized spacial score (nSPS) is 13.4. The van der Waals surface area contributed by atoms with Crippen LogP contribution in [0.5, 0.6) is 5.75 Å². The van der Waals surface area contributed by atoms with E-state index in [1.165, 1.54) is 11.0 Å². The Morgan fingerprint density at radius 1 is 0.919 bits per heavy atom. The van der Waals surface area contributed by atoms with Crippen LogP contribution in [0.2, 0.25) is 0 Å². The van der Waals surface area contributed by atoms with Crippen LogP contribution in [-0.4, -0.2) is 45.1 Å². The molecule has 2 atom stereocenters. The van der Waals surface area contributed by atoms with E-state index in [4.69, 9.17) is 4.74 Å². The van der Waals surface area contributed by atoms with Gasteiger partial charge in [0.25, 0.3) is 0 Å². The first-order valence-electron chi connectivity index (χ1n) is 12.5. The van der Waals surface area contributed by atoms with Crippen LogP contribution < -0.4 is 10.6 Å². The molecule has 0 aromatic heterocycles. The van der Waals surface area contributed by atoms with Gasteiger partial charge in [-0.15, -0.1) is 0 Å². The number of phenols is 1. The molecule has 202 valence electrons. The predicted octanol–water partition coefficient (Wildman–Crippen LogP) is 4.93. The van der Waals surface area contributed by atoms with E-state index in [-0.39, 0.29) is 23.8 Å². The van der Waals surface area contributed by atoms with Crippen molar-refractivity contribution < 1.29 is 24.2 Å². The topological polar surface area (TPSA) is 108 Å². The number of aromatic hydroxyl groups is 1. The minimum absolute atomic E-state index is 0.106. The smallest absolute Gasteiger partial charge is 0.408 e. The van der Waals surface area contributed by atoms with Crippen LogP contribution in [0.1, 0.15) is 72.6 Å². The molecule has 0 aliphatic carbocycles. The molecule has 2 aromatic rings. The lowest BCUT2D eigenvalue weighted by atomic mass is 9.92. The molecule has 0 radical (unpaired) electrons. The van der Waals surface area contributed by atoms with Crippen molar-refractivity contribution in [2.45, 2.75) is 85.2 Å². The van der Waals surface area contributed by atoms with Crippen LogP contribution in [0.3, 0.4) is 0 Å². The Labute approximate surface area is 220 Å². The van der Waals surface area contributed by atoms with E-state index in [1.54, 1.807) is 39.0 Å². The first-order chi connectivity index (χ1) is 17.1. The van der Waals surface area contributed by atoms with Gasteiger partial charge in [0, 0.05) is 17.6 Å². The van der Waals surface area contributed by atoms with Gasteiger partial charge >= 0.3 is 6.09 Å². The molecule has 2 aromatic carbocycles. The maximum Gasteiger partial charge on any atom is 0.408 e. The minimum Gasteiger partial charge on any atom is -0.508 e. The number of para-hydroxylation sites is 1. The second-order valence-corrected chi connectivity index (χ2v) is 11.4. The van der Waals surface area contributed by atoms with Crippen LogP contribution in [0.25, 0.3) is 0 Å². The average molecular weight is 512 g/mol. The molecule has 3 amide bonds. The molecule has 2 rings (SSSR count). The quantitative estimate of drug-likeness (QED) is 0.466. The number of ether oxygens (including phenoxy) is 1. The standard InChI is InChI=1S/C29H41N3O5/c1-19(2)23(31-27(36)37-29(6,7)8)26(35)32(28(3,4)5)24(21-16-12-13-17-22(21)33)25(34)30-18-20-14-10-9-11-15-20/h9-17,19,23-24,33H,18H2,1-8H3,(H,30,34)(H,31,36). The van der Waals surface area contributed by atoms with Gasteiger partial charge in [0.05, 0.1) is 0 Å². The van der Waals surface area contributed by atoms with Gasteiger partial charge in [0.1, 0.15) is 23.4 Å². The number of alkyl carbamates (subject to hydrolysis) is 1. The van der Waals surface area contributed by atoms with Crippen molar-refractivity contribution in [1.82, 2.24) is 15.5 Å². The predicted molar refractivity (Wildman–Crippen MR) is 144 cm³/mol. The summed E-state index contributed by atoms with van der Waals surface area (Å²) in [6.45, 7) is 14.5. The summed E-state index contributed by atoms with van der Waals surface area (Å²) in [6, 6.07) is 13.8. The van der Waals surface area contributed by atoms with E-state index in [1.807, 2.05) is 65.0 Å². The van der Waals surface area contributed by atoms with E-state index in [0.717, 1.165) is 5.56 Å². The summed E-state index contributed by atoms with van der Waals surface area (Å²) in [7, 11) is 0. The van der Waals surface area contributed by atoms with Gasteiger partial charge in [-0.1, -0.05) is 62.4 Å². The van der Waals surface area contributed by atoms with E-state index >= 15 is 0 Å². The van der Waals surface area contributed by atoms with Crippen molar-refractivity contribution in [3.05, 3.63) is 65.7 Å². The largest absolute Gasteiger partial charge is 0.508 e. The number of benzene rings is 2. The summed E-state index contributed by atoms with van der Waals surface area (Å²) < 4.78 is 5.39. The lowest BCUT2D eigenvalue weighted by Gasteiger charge is -2.43. The Balaban J connectivity index is 2.51. The molecule has 8 nitrogen and oxygen atoms in total. The van der Waals surface area contributed by atoms with Crippen molar-refractivity contribution in [3.63, 3.8) is 0 Å². The first-order valence-corrected chi connectivity index (χ1v) is 12.5. The highest BCUT2D eigenvalue weighted by Crippen LogP contribution is 2.35. The van der Waals surface area contributed by atoms with Crippen molar-refractivity contribution in [2.24, 2.45) is 5.92 Å². The molecule has 0 heterocycles. The summed E-state index contributed by atoms with van der Waals surface area (Å²) in [4.78, 5) is 41.9. The van der Waals surface area contributed by atoms with Crippen molar-refractivity contribution in [1.29, 1.82) is 0 Å². The fourth-order valence-corrected chi connectivity index (χ4v) is 3.94. The van der Waals surface area contributed by atoms with Gasteiger partial charge in [0.2, 0.25) is 11.8 Å². The van der Waals surface area contributed by atoms with Gasteiger partial charge in [-0.2, -0.15) is 0 Å². The fraction of sp³-hybridized carbons (Fsp3) is 0.483. The summed E-state index contributed by atoms with van der Waals surface area (Å²) in [5, 5.41) is 16.3. The van der Waals surface area contributed by atoms with Crippen LogP contribution in [0.4, 0.5) is 4.79 Å². The Kier molecular flexibility index (Phi) is 9.73. The number of phenolic OH excluding ortho intramolecular Hbond substituents is 1. The number of hydrogen-bond acceptors (Lipinski definition) is 5. The Morgan fingerprint density at radius 3 is 2.00 bits per heavy atom. The SMILES string of the molecule is CC(C)C(NC(=O)OC(C)(C)C)C(=O)N(C(C(=O)NCc1ccccc1)c1ccccc1O)C(C)(C)C. The number of nitrogens with one attached hydrogen (secondary N) is 2. The Bertz CT molecular complexity index is 1070. The number of nitrogens with zero attached hydrogens (tertiary/aromatic N) is 1. The molecule has 0 aliphatic heterocycles. The van der Waals surface area contributed by atoms with Gasteiger partial charge in [0.15, 0.2) is 0 Å². The van der Waals surface area contributed by atoms with Crippen LogP contribution in [-0.2, 0) is 20.9 Å². The van der Waals surface area contributed by atoms with Crippen LogP contribution in [0.15, 0.2) is 54.6 Å². The van der Waals surface area contributed by atoms with Crippen molar-refractivity contribution in [2.75, 3.05) is 0 Å². The summed E-state index contributed by atoms with van der Waals surface area (Å²) in [5.74, 6) is -1.32. The fourth-order valence-electron chi connectivity index (χ4n) is 3.94. The second kappa shape index (κ2) is 12.1. The third kappa shape index (κ3) is 8.51. The summed E-state index contributed by atoms with van der Waals surface area (Å²) in [5.41, 5.74) is -0.409. The second-order valence-electron chi connectivity index (χ2n) is 11.4. The van der Waals surface area contributed by atoms with Gasteiger partial charge in [-0.3, -0.25) is 9.59 Å². The molecule has 0 saturated heterocycles. The zero-order valence-corrected chi connectivity index (χ0v) is 23.2. The third-order valence-corrected chi connectivity index (χ3v) is 5.61. The number of hydrogen-bond donors (Lipinski definition) is 3. The monoisotopic (exact) mass is 511 g/mol. The minimum atomic E-state index is -1.15. The number of amides is 3.